The molecule has 1 aromatic heterocycles. The summed E-state index contributed by atoms with van der Waals surface area (Å²) in [6.45, 7) is 1.34. The summed E-state index contributed by atoms with van der Waals surface area (Å²) in [6.07, 6.45) is 3.36. The summed E-state index contributed by atoms with van der Waals surface area (Å²) >= 11 is 0. The number of carbonyl (C=O) groups is 1. The number of amides is 1. The van der Waals surface area contributed by atoms with E-state index in [0.717, 1.165) is 23.4 Å². The molecule has 1 amide bonds. The van der Waals surface area contributed by atoms with Crippen molar-refractivity contribution in [3.63, 3.8) is 0 Å². The number of likely N-dealkylation sites (N-methyl/N-ethyl adjacent to an activating group) is 1. The van der Waals surface area contributed by atoms with Crippen molar-refractivity contribution in [1.29, 1.82) is 0 Å². The fourth-order valence-corrected chi connectivity index (χ4v) is 2.08. The van der Waals surface area contributed by atoms with E-state index in [4.69, 9.17) is 0 Å². The number of hydrogen-bond acceptors (Lipinski definition) is 4. The zero-order chi connectivity index (χ0) is 15.9. The molecule has 0 atom stereocenters. The average molecular weight is 298 g/mol. The van der Waals surface area contributed by atoms with Crippen LogP contribution in [0.2, 0.25) is 0 Å². The topological polar surface area (TPSA) is 57.3 Å². The van der Waals surface area contributed by atoms with Crippen molar-refractivity contribution in [3.8, 4) is 11.1 Å². The third kappa shape index (κ3) is 4.05. The summed E-state index contributed by atoms with van der Waals surface area (Å²) in [5.41, 5.74) is 3.69. The van der Waals surface area contributed by atoms with Crippen molar-refractivity contribution in [3.05, 3.63) is 48.3 Å². The predicted octanol–water partition coefficient (Wildman–Crippen LogP) is 1.76. The molecule has 2 N–H and O–H groups in total. The van der Waals surface area contributed by atoms with Crippen LogP contribution in [0.5, 0.6) is 0 Å². The first kappa shape index (κ1) is 16.0. The van der Waals surface area contributed by atoms with E-state index >= 15 is 0 Å². The minimum absolute atomic E-state index is 0.102. The quantitative estimate of drug-likeness (QED) is 0.798. The summed E-state index contributed by atoms with van der Waals surface area (Å²) in [5, 5.41) is 5.85. The van der Waals surface area contributed by atoms with Gasteiger partial charge in [-0.3, -0.25) is 9.78 Å². The lowest BCUT2D eigenvalue weighted by Gasteiger charge is -2.13. The summed E-state index contributed by atoms with van der Waals surface area (Å²) in [5.74, 6) is -0.102. The second kappa shape index (κ2) is 7.56. The molecule has 2 rings (SSSR count). The van der Waals surface area contributed by atoms with Gasteiger partial charge >= 0.3 is 0 Å². The Labute approximate surface area is 131 Å². The van der Waals surface area contributed by atoms with Crippen LogP contribution >= 0.6 is 0 Å². The molecular weight excluding hydrogens is 276 g/mol. The van der Waals surface area contributed by atoms with Crippen molar-refractivity contribution < 1.29 is 4.79 Å². The van der Waals surface area contributed by atoms with Crippen LogP contribution < -0.4 is 15.5 Å². The van der Waals surface area contributed by atoms with Crippen LogP contribution in [0.3, 0.4) is 0 Å². The van der Waals surface area contributed by atoms with E-state index in [-0.39, 0.29) is 5.91 Å². The molecule has 116 valence electrons. The van der Waals surface area contributed by atoms with Crippen molar-refractivity contribution >= 4 is 11.6 Å². The highest BCUT2D eigenvalue weighted by Crippen LogP contribution is 2.22. The Kier molecular flexibility index (Phi) is 5.49. The monoisotopic (exact) mass is 298 g/mol. The third-order valence-corrected chi connectivity index (χ3v) is 3.38. The molecule has 0 radical (unpaired) electrons. The Morgan fingerprint density at radius 2 is 1.82 bits per heavy atom. The maximum absolute atomic E-state index is 12.1. The number of benzene rings is 1. The Morgan fingerprint density at radius 1 is 1.09 bits per heavy atom. The fraction of sp³-hybridized carbons (Fsp3) is 0.294. The highest BCUT2D eigenvalue weighted by molar-refractivity contribution is 5.95. The molecule has 0 aliphatic carbocycles. The van der Waals surface area contributed by atoms with Crippen LogP contribution in [0.25, 0.3) is 11.1 Å². The lowest BCUT2D eigenvalue weighted by molar-refractivity contribution is 0.0954. The zero-order valence-electron chi connectivity index (χ0n) is 13.3. The van der Waals surface area contributed by atoms with Gasteiger partial charge in [-0.25, -0.2) is 0 Å². The number of hydrogen-bond donors (Lipinski definition) is 2. The van der Waals surface area contributed by atoms with Crippen LogP contribution in [0.1, 0.15) is 10.4 Å². The van der Waals surface area contributed by atoms with Gasteiger partial charge in [-0.15, -0.1) is 0 Å². The number of aromatic nitrogens is 1. The van der Waals surface area contributed by atoms with E-state index in [2.05, 4.69) is 27.8 Å². The molecule has 0 aliphatic rings. The SMILES string of the molecule is CNCCNC(=O)c1cncc(-c2ccc(N(C)C)cc2)c1. The van der Waals surface area contributed by atoms with Crippen LogP contribution in [0, 0.1) is 0 Å². The normalized spacial score (nSPS) is 10.3. The van der Waals surface area contributed by atoms with E-state index in [0.29, 0.717) is 12.1 Å². The molecule has 0 saturated heterocycles. The summed E-state index contributed by atoms with van der Waals surface area (Å²) < 4.78 is 0. The van der Waals surface area contributed by atoms with E-state index in [1.807, 2.05) is 44.2 Å². The van der Waals surface area contributed by atoms with Gasteiger partial charge in [0.05, 0.1) is 5.56 Å². The Hall–Kier alpha value is -2.40. The van der Waals surface area contributed by atoms with Crippen LogP contribution in [-0.4, -0.2) is 45.1 Å². The summed E-state index contributed by atoms with van der Waals surface area (Å²) in [7, 11) is 5.87. The second-order valence-electron chi connectivity index (χ2n) is 5.26. The smallest absolute Gasteiger partial charge is 0.252 e. The molecule has 22 heavy (non-hydrogen) atoms. The predicted molar refractivity (Wildman–Crippen MR) is 90.3 cm³/mol. The molecule has 1 aromatic carbocycles. The number of anilines is 1. The van der Waals surface area contributed by atoms with Crippen molar-refractivity contribution in [2.45, 2.75) is 0 Å². The van der Waals surface area contributed by atoms with Gasteiger partial charge in [0.1, 0.15) is 0 Å². The minimum atomic E-state index is -0.102. The highest BCUT2D eigenvalue weighted by Gasteiger charge is 2.07. The Balaban J connectivity index is 2.15. The van der Waals surface area contributed by atoms with Crippen LogP contribution in [0.15, 0.2) is 42.7 Å². The standard InChI is InChI=1S/C17H22N4O/c1-18-8-9-20-17(22)15-10-14(11-19-12-15)13-4-6-16(7-5-13)21(2)3/h4-7,10-12,18H,8-9H2,1-3H3,(H,20,22). The lowest BCUT2D eigenvalue weighted by atomic mass is 10.1. The highest BCUT2D eigenvalue weighted by atomic mass is 16.1. The number of pyridine rings is 1. The van der Waals surface area contributed by atoms with E-state index < -0.39 is 0 Å². The number of nitrogens with zero attached hydrogens (tertiary/aromatic N) is 2. The Bertz CT molecular complexity index is 623. The molecule has 0 spiro atoms. The number of rotatable bonds is 6. The molecular formula is C17H22N4O. The molecule has 0 bridgehead atoms. The van der Waals surface area contributed by atoms with Gasteiger partial charge in [-0.05, 0) is 30.8 Å². The molecule has 5 nitrogen and oxygen atoms in total. The maximum atomic E-state index is 12.1. The second-order valence-corrected chi connectivity index (χ2v) is 5.26. The van der Waals surface area contributed by atoms with Crippen molar-refractivity contribution in [2.24, 2.45) is 0 Å². The molecule has 0 aliphatic heterocycles. The first-order valence-corrected chi connectivity index (χ1v) is 7.27. The first-order valence-electron chi connectivity index (χ1n) is 7.27. The molecule has 0 unspecified atom stereocenters. The van der Waals surface area contributed by atoms with E-state index in [1.165, 1.54) is 0 Å². The molecule has 1 heterocycles. The van der Waals surface area contributed by atoms with E-state index in [1.54, 1.807) is 12.4 Å². The average Bonchev–Trinajstić information content (AvgIpc) is 2.55. The zero-order valence-corrected chi connectivity index (χ0v) is 13.3. The largest absolute Gasteiger partial charge is 0.378 e. The Morgan fingerprint density at radius 3 is 2.45 bits per heavy atom. The van der Waals surface area contributed by atoms with Gasteiger partial charge in [0.2, 0.25) is 0 Å². The molecule has 2 aromatic rings. The van der Waals surface area contributed by atoms with Gasteiger partial charge in [-0.2, -0.15) is 0 Å². The van der Waals surface area contributed by atoms with Crippen LogP contribution in [0.4, 0.5) is 5.69 Å². The van der Waals surface area contributed by atoms with Crippen LogP contribution in [-0.2, 0) is 0 Å². The van der Waals surface area contributed by atoms with Gasteiger partial charge in [-0.1, -0.05) is 12.1 Å². The third-order valence-electron chi connectivity index (χ3n) is 3.38. The van der Waals surface area contributed by atoms with Gasteiger partial charge in [0.15, 0.2) is 0 Å². The van der Waals surface area contributed by atoms with Gasteiger partial charge < -0.3 is 15.5 Å². The first-order chi connectivity index (χ1) is 10.6. The van der Waals surface area contributed by atoms with Gasteiger partial charge in [0, 0.05) is 50.8 Å². The van der Waals surface area contributed by atoms with Crippen molar-refractivity contribution in [1.82, 2.24) is 15.6 Å². The molecule has 0 fully saturated rings. The summed E-state index contributed by atoms with van der Waals surface area (Å²) in [4.78, 5) is 18.3. The maximum Gasteiger partial charge on any atom is 0.252 e. The summed E-state index contributed by atoms with van der Waals surface area (Å²) in [6, 6.07) is 10.0. The van der Waals surface area contributed by atoms with Crippen molar-refractivity contribution in [2.75, 3.05) is 39.1 Å². The van der Waals surface area contributed by atoms with Gasteiger partial charge in [0.25, 0.3) is 5.91 Å². The lowest BCUT2D eigenvalue weighted by Crippen LogP contribution is -2.30. The van der Waals surface area contributed by atoms with E-state index in [9.17, 15) is 4.79 Å². The number of carbonyl (C=O) groups excluding carboxylic acids is 1. The molecule has 0 saturated carbocycles. The minimum Gasteiger partial charge on any atom is -0.378 e. The fourth-order valence-electron chi connectivity index (χ4n) is 2.08. The number of nitrogens with one attached hydrogen (secondary N) is 2. The molecule has 5 heteroatoms.